The third-order valence-electron chi connectivity index (χ3n) is 2.51. The molecule has 1 aromatic heterocycles. The topological polar surface area (TPSA) is 39.1 Å². The highest BCUT2D eigenvalue weighted by Crippen LogP contribution is 2.17. The van der Waals surface area contributed by atoms with Crippen molar-refractivity contribution in [3.8, 4) is 0 Å². The summed E-state index contributed by atoms with van der Waals surface area (Å²) in [6.45, 7) is 4.13. The number of ether oxygens (including phenoxy) is 1. The zero-order valence-corrected chi connectivity index (χ0v) is 11.2. The van der Waals surface area contributed by atoms with Gasteiger partial charge in [-0.2, -0.15) is 18.3 Å². The van der Waals surface area contributed by atoms with Gasteiger partial charge in [0.2, 0.25) is 0 Å². The summed E-state index contributed by atoms with van der Waals surface area (Å²) in [4.78, 5) is 0. The Labute approximate surface area is 110 Å². The quantitative estimate of drug-likeness (QED) is 0.794. The average Bonchev–Trinajstić information content (AvgIpc) is 2.75. The molecule has 0 fully saturated rings. The van der Waals surface area contributed by atoms with Crippen molar-refractivity contribution in [2.45, 2.75) is 39.0 Å². The van der Waals surface area contributed by atoms with Gasteiger partial charge in [-0.25, -0.2) is 0 Å². The molecule has 1 N–H and O–H groups in total. The van der Waals surface area contributed by atoms with Crippen molar-refractivity contribution in [3.05, 3.63) is 18.0 Å². The lowest BCUT2D eigenvalue weighted by Gasteiger charge is -2.17. The molecule has 1 unspecified atom stereocenters. The van der Waals surface area contributed by atoms with Crippen LogP contribution in [0, 0.1) is 0 Å². The van der Waals surface area contributed by atoms with Crippen LogP contribution in [0.1, 0.15) is 31.9 Å². The van der Waals surface area contributed by atoms with E-state index in [2.05, 4.69) is 10.4 Å². The van der Waals surface area contributed by atoms with E-state index in [1.165, 1.54) is 0 Å². The van der Waals surface area contributed by atoms with Crippen LogP contribution >= 0.6 is 0 Å². The van der Waals surface area contributed by atoms with Crippen molar-refractivity contribution in [3.63, 3.8) is 0 Å². The Balaban J connectivity index is 2.55. The molecule has 1 rings (SSSR count). The van der Waals surface area contributed by atoms with Gasteiger partial charge in [-0.1, -0.05) is 13.8 Å². The van der Waals surface area contributed by atoms with Crippen molar-refractivity contribution < 1.29 is 17.9 Å². The van der Waals surface area contributed by atoms with E-state index in [4.69, 9.17) is 4.74 Å². The maximum Gasteiger partial charge on any atom is 0.411 e. The first-order valence-corrected chi connectivity index (χ1v) is 6.36. The van der Waals surface area contributed by atoms with Crippen LogP contribution in [0.15, 0.2) is 12.4 Å². The van der Waals surface area contributed by atoms with E-state index in [1.54, 1.807) is 10.9 Å². The summed E-state index contributed by atoms with van der Waals surface area (Å²) < 4.78 is 42.6. The highest BCUT2D eigenvalue weighted by molar-refractivity contribution is 5.10. The molecule has 4 nitrogen and oxygen atoms in total. The molecule has 0 amide bonds. The summed E-state index contributed by atoms with van der Waals surface area (Å²) in [6, 6.07) is -0.266. The lowest BCUT2D eigenvalue weighted by Crippen LogP contribution is -2.27. The molecule has 1 aromatic rings. The van der Waals surface area contributed by atoms with Gasteiger partial charge >= 0.3 is 6.18 Å². The molecule has 110 valence electrons. The fraction of sp³-hybridized carbons (Fsp3) is 0.750. The number of likely N-dealkylation sites (N-methyl/N-ethyl adjacent to an activating group) is 1. The standard InChI is InChI=1S/C12H20F3N3O/c1-3-5-18-7-10(6-17-18)11(16-4-2)8-19-9-12(13,14)15/h6-7,11,16H,3-5,8-9H2,1-2H3. The van der Waals surface area contributed by atoms with Gasteiger partial charge in [0.25, 0.3) is 0 Å². The van der Waals surface area contributed by atoms with Crippen LogP contribution in [-0.4, -0.2) is 35.7 Å². The number of aryl methyl sites for hydroxylation is 1. The molecule has 1 atom stereocenters. The summed E-state index contributed by atoms with van der Waals surface area (Å²) in [6.07, 6.45) is 0.175. The smallest absolute Gasteiger partial charge is 0.370 e. The number of nitrogens with zero attached hydrogens (tertiary/aromatic N) is 2. The van der Waals surface area contributed by atoms with E-state index in [-0.39, 0.29) is 12.6 Å². The van der Waals surface area contributed by atoms with E-state index >= 15 is 0 Å². The third-order valence-corrected chi connectivity index (χ3v) is 2.51. The molecule has 7 heteroatoms. The number of alkyl halides is 3. The predicted molar refractivity (Wildman–Crippen MR) is 65.8 cm³/mol. The van der Waals surface area contributed by atoms with Gasteiger partial charge in [0, 0.05) is 18.3 Å². The summed E-state index contributed by atoms with van der Waals surface area (Å²) in [5, 5.41) is 7.26. The maximum absolute atomic E-state index is 12.0. The van der Waals surface area contributed by atoms with Gasteiger partial charge in [-0.3, -0.25) is 4.68 Å². The van der Waals surface area contributed by atoms with Crippen molar-refractivity contribution in [1.82, 2.24) is 15.1 Å². The number of hydrogen-bond donors (Lipinski definition) is 1. The van der Waals surface area contributed by atoms with E-state index in [0.29, 0.717) is 6.54 Å². The third kappa shape index (κ3) is 6.07. The Morgan fingerprint density at radius 2 is 2.16 bits per heavy atom. The molecule has 0 spiro atoms. The minimum Gasteiger partial charge on any atom is -0.370 e. The second kappa shape index (κ2) is 7.49. The summed E-state index contributed by atoms with van der Waals surface area (Å²) in [5.74, 6) is 0. The molecule has 0 saturated heterocycles. The van der Waals surface area contributed by atoms with Gasteiger partial charge < -0.3 is 10.1 Å². The summed E-state index contributed by atoms with van der Waals surface area (Å²) in [5.41, 5.74) is 0.845. The van der Waals surface area contributed by atoms with Gasteiger partial charge in [-0.15, -0.1) is 0 Å². The van der Waals surface area contributed by atoms with Crippen molar-refractivity contribution in [2.75, 3.05) is 19.8 Å². The first-order valence-electron chi connectivity index (χ1n) is 6.36. The van der Waals surface area contributed by atoms with Crippen molar-refractivity contribution >= 4 is 0 Å². The second-order valence-corrected chi connectivity index (χ2v) is 4.28. The molecular formula is C12H20F3N3O. The van der Waals surface area contributed by atoms with Crippen LogP contribution in [0.4, 0.5) is 13.2 Å². The van der Waals surface area contributed by atoms with Crippen LogP contribution < -0.4 is 5.32 Å². The van der Waals surface area contributed by atoms with Crippen LogP contribution in [0.5, 0.6) is 0 Å². The molecule has 19 heavy (non-hydrogen) atoms. The monoisotopic (exact) mass is 279 g/mol. The largest absolute Gasteiger partial charge is 0.411 e. The number of halogens is 3. The first kappa shape index (κ1) is 16.0. The number of rotatable bonds is 8. The SMILES string of the molecule is CCCn1cc(C(COCC(F)(F)F)NCC)cn1. The van der Waals surface area contributed by atoms with E-state index in [0.717, 1.165) is 18.5 Å². The van der Waals surface area contributed by atoms with E-state index in [9.17, 15) is 13.2 Å². The molecular weight excluding hydrogens is 259 g/mol. The highest BCUT2D eigenvalue weighted by atomic mass is 19.4. The molecule has 1 heterocycles. The van der Waals surface area contributed by atoms with Crippen molar-refractivity contribution in [1.29, 1.82) is 0 Å². The lowest BCUT2D eigenvalue weighted by atomic mass is 10.2. The summed E-state index contributed by atoms with van der Waals surface area (Å²) in [7, 11) is 0. The normalized spacial score (nSPS) is 13.7. The Morgan fingerprint density at radius 3 is 2.74 bits per heavy atom. The Kier molecular flexibility index (Phi) is 6.30. The fourth-order valence-corrected chi connectivity index (χ4v) is 1.72. The second-order valence-electron chi connectivity index (χ2n) is 4.28. The zero-order valence-electron chi connectivity index (χ0n) is 11.2. The summed E-state index contributed by atoms with van der Waals surface area (Å²) >= 11 is 0. The highest BCUT2D eigenvalue weighted by Gasteiger charge is 2.28. The molecule has 0 aliphatic rings. The average molecular weight is 279 g/mol. The number of aromatic nitrogens is 2. The van der Waals surface area contributed by atoms with Crippen LogP contribution in [-0.2, 0) is 11.3 Å². The fourth-order valence-electron chi connectivity index (χ4n) is 1.72. The number of hydrogen-bond acceptors (Lipinski definition) is 3. The first-order chi connectivity index (χ1) is 8.96. The Hall–Kier alpha value is -1.08. The number of nitrogens with one attached hydrogen (secondary N) is 1. The van der Waals surface area contributed by atoms with Crippen LogP contribution in [0.25, 0.3) is 0 Å². The molecule has 0 aromatic carbocycles. The van der Waals surface area contributed by atoms with Gasteiger partial charge in [0.15, 0.2) is 0 Å². The maximum atomic E-state index is 12.0. The van der Waals surface area contributed by atoms with E-state index in [1.807, 2.05) is 20.0 Å². The molecule has 0 radical (unpaired) electrons. The molecule has 0 aliphatic carbocycles. The predicted octanol–water partition coefficient (Wildman–Crippen LogP) is 2.52. The lowest BCUT2D eigenvalue weighted by molar-refractivity contribution is -0.175. The molecule has 0 saturated carbocycles. The van der Waals surface area contributed by atoms with E-state index < -0.39 is 12.8 Å². The molecule has 0 aliphatic heterocycles. The molecule has 0 bridgehead atoms. The van der Waals surface area contributed by atoms with Crippen LogP contribution in [0.3, 0.4) is 0 Å². The minimum absolute atomic E-state index is 0.0227. The zero-order chi connectivity index (χ0) is 14.3. The Morgan fingerprint density at radius 1 is 1.42 bits per heavy atom. The van der Waals surface area contributed by atoms with Gasteiger partial charge in [0.1, 0.15) is 6.61 Å². The van der Waals surface area contributed by atoms with Crippen LogP contribution in [0.2, 0.25) is 0 Å². The van der Waals surface area contributed by atoms with Gasteiger partial charge in [-0.05, 0) is 13.0 Å². The van der Waals surface area contributed by atoms with Gasteiger partial charge in [0.05, 0.1) is 18.8 Å². The Bertz CT molecular complexity index is 365. The minimum atomic E-state index is -4.29. The van der Waals surface area contributed by atoms with Crippen molar-refractivity contribution in [2.24, 2.45) is 0 Å².